The summed E-state index contributed by atoms with van der Waals surface area (Å²) >= 11 is 0. The normalized spacial score (nSPS) is 16.9. The van der Waals surface area contributed by atoms with Gasteiger partial charge >= 0.3 is 5.97 Å². The number of unbranched alkanes of at least 4 members (excludes halogenated alkanes) is 1. The molecule has 1 heterocycles. The van der Waals surface area contributed by atoms with Crippen molar-refractivity contribution in [3.05, 3.63) is 0 Å². The number of carbonyl (C=O) groups is 11. The Bertz CT molecular complexity index is 2000. The van der Waals surface area contributed by atoms with Gasteiger partial charge in [0.25, 0.3) is 0 Å². The van der Waals surface area contributed by atoms with Crippen molar-refractivity contribution in [1.82, 2.24) is 47.4 Å². The van der Waals surface area contributed by atoms with Gasteiger partial charge in [-0.05, 0) is 109 Å². The summed E-state index contributed by atoms with van der Waals surface area (Å²) in [7, 11) is 0. The van der Waals surface area contributed by atoms with E-state index >= 15 is 0 Å². The standard InChI is InChI=1S/C48H87N15O12/c1-24(2)22-30(50)41(68)56-27(7)38(65)55-28(8)39(66)59-32(15-12-20-54-48(52)53)44(71)62-37(26(5)6)45(72)57-29(9)40(67)58-31(14-10-11-19-49)42(69)60-33(17-18-36(51)64)43(70)61-34(23-25(3)4)46(73)63-21-13-16-35(63)47(74)75/h24-35,37H,10-23,49-50H2,1-9H3,(H2,51,64)(H,55,65)(H,56,68)(H,57,72)(H,58,67)(H,59,66)(H,60,69)(H,61,70)(H,62,71)(H,74,75)(H4,52,53,54)/t27-,28-,29-,30-,31-,32-,33-,34-,35-,37-/m0/s1. The van der Waals surface area contributed by atoms with Crippen LogP contribution in [0.4, 0.5) is 0 Å². The molecule has 0 radical (unpaired) electrons. The van der Waals surface area contributed by atoms with E-state index in [0.29, 0.717) is 25.7 Å². The Morgan fingerprint density at radius 1 is 0.560 bits per heavy atom. The van der Waals surface area contributed by atoms with E-state index in [2.05, 4.69) is 47.5 Å². The van der Waals surface area contributed by atoms with E-state index in [4.69, 9.17) is 28.7 Å². The molecule has 0 unspecified atom stereocenters. The van der Waals surface area contributed by atoms with Crippen LogP contribution in [0.1, 0.15) is 133 Å². The second kappa shape index (κ2) is 33.3. The van der Waals surface area contributed by atoms with Gasteiger partial charge in [-0.3, -0.25) is 52.9 Å². The quantitative estimate of drug-likeness (QED) is 0.0169. The van der Waals surface area contributed by atoms with Gasteiger partial charge in [0, 0.05) is 19.5 Å². The predicted octanol–water partition coefficient (Wildman–Crippen LogP) is -3.48. The first-order chi connectivity index (χ1) is 35.0. The average Bonchev–Trinajstić information content (AvgIpc) is 3.82. The molecule has 0 aromatic carbocycles. The minimum absolute atomic E-state index is 0.0194. The van der Waals surface area contributed by atoms with Crippen molar-refractivity contribution in [2.75, 3.05) is 19.6 Å². The number of aliphatic imine (C=N–C) groups is 1. The molecule has 0 spiro atoms. The number of hydrogen-bond donors (Lipinski definition) is 14. The van der Waals surface area contributed by atoms with Crippen LogP contribution in [0.25, 0.3) is 0 Å². The van der Waals surface area contributed by atoms with Crippen molar-refractivity contribution in [2.24, 2.45) is 51.4 Å². The minimum atomic E-state index is -1.44. The van der Waals surface area contributed by atoms with E-state index in [1.165, 1.54) is 25.7 Å². The van der Waals surface area contributed by atoms with E-state index in [1.807, 2.05) is 13.8 Å². The molecule has 0 saturated carbocycles. The first-order valence-electron chi connectivity index (χ1n) is 25.8. The Kier molecular flexibility index (Phi) is 29.5. The molecule has 27 nitrogen and oxygen atoms in total. The smallest absolute Gasteiger partial charge is 0.326 e. The molecule has 10 atom stereocenters. The number of nitrogens with zero attached hydrogens (tertiary/aromatic N) is 2. The van der Waals surface area contributed by atoms with Crippen LogP contribution in [0.5, 0.6) is 0 Å². The molecular weight excluding hydrogens is 979 g/mol. The third kappa shape index (κ3) is 24.5. The van der Waals surface area contributed by atoms with Crippen LogP contribution in [0.3, 0.4) is 0 Å². The molecule has 1 aliphatic rings. The number of carbonyl (C=O) groups excluding carboxylic acids is 10. The monoisotopic (exact) mass is 1070 g/mol. The number of rotatable bonds is 34. The third-order valence-electron chi connectivity index (χ3n) is 12.2. The Balaban J connectivity index is 3.27. The van der Waals surface area contributed by atoms with Gasteiger partial charge in [-0.2, -0.15) is 0 Å². The lowest BCUT2D eigenvalue weighted by molar-refractivity contribution is -0.149. The number of carboxylic acid groups (broad SMARTS) is 1. The maximum absolute atomic E-state index is 14.0. The molecule has 0 aromatic rings. The van der Waals surface area contributed by atoms with Crippen LogP contribution in [0, 0.1) is 17.8 Å². The molecule has 27 heteroatoms. The average molecular weight is 1070 g/mol. The highest BCUT2D eigenvalue weighted by Gasteiger charge is 2.39. The first-order valence-corrected chi connectivity index (χ1v) is 25.8. The fourth-order valence-electron chi connectivity index (χ4n) is 7.97. The van der Waals surface area contributed by atoms with Gasteiger partial charge in [0.1, 0.15) is 54.4 Å². The van der Waals surface area contributed by atoms with Gasteiger partial charge in [0.05, 0.1) is 6.04 Å². The minimum Gasteiger partial charge on any atom is -0.480 e. The molecule has 1 saturated heterocycles. The van der Waals surface area contributed by atoms with Crippen LogP contribution >= 0.6 is 0 Å². The van der Waals surface area contributed by atoms with Crippen molar-refractivity contribution >= 4 is 71.0 Å². The second-order valence-corrected chi connectivity index (χ2v) is 20.3. The van der Waals surface area contributed by atoms with Crippen molar-refractivity contribution < 1.29 is 57.8 Å². The number of aliphatic carboxylic acids is 1. The van der Waals surface area contributed by atoms with Crippen LogP contribution in [0.2, 0.25) is 0 Å². The topological polar surface area (TPSA) is 450 Å². The van der Waals surface area contributed by atoms with Gasteiger partial charge < -0.3 is 81.2 Å². The summed E-state index contributed by atoms with van der Waals surface area (Å²) in [4.78, 5) is 151. The molecule has 1 rings (SSSR count). The summed E-state index contributed by atoms with van der Waals surface area (Å²) in [6, 6.07) is -12.0. The summed E-state index contributed by atoms with van der Waals surface area (Å²) in [5.74, 6) is -9.54. The fourth-order valence-corrected chi connectivity index (χ4v) is 7.97. The number of nitrogens with one attached hydrogen (secondary N) is 8. The van der Waals surface area contributed by atoms with Gasteiger partial charge in [0.2, 0.25) is 59.1 Å². The molecule has 19 N–H and O–H groups in total. The number of nitrogens with two attached hydrogens (primary N) is 5. The maximum Gasteiger partial charge on any atom is 0.326 e. The van der Waals surface area contributed by atoms with Crippen LogP contribution in [-0.2, 0) is 52.7 Å². The van der Waals surface area contributed by atoms with E-state index in [-0.39, 0.29) is 82.4 Å². The molecule has 0 bridgehead atoms. The Labute approximate surface area is 439 Å². The largest absolute Gasteiger partial charge is 0.480 e. The van der Waals surface area contributed by atoms with E-state index < -0.39 is 131 Å². The highest BCUT2D eigenvalue weighted by molar-refractivity contribution is 5.98. The molecular formula is C48H87N15O12. The van der Waals surface area contributed by atoms with Gasteiger partial charge in [-0.1, -0.05) is 41.5 Å². The molecule has 75 heavy (non-hydrogen) atoms. The number of guanidine groups is 1. The first kappa shape index (κ1) is 66.4. The third-order valence-corrected chi connectivity index (χ3v) is 12.2. The number of primary amides is 1. The van der Waals surface area contributed by atoms with Crippen molar-refractivity contribution in [1.29, 1.82) is 0 Å². The Morgan fingerprint density at radius 2 is 1.01 bits per heavy atom. The van der Waals surface area contributed by atoms with Crippen molar-refractivity contribution in [3.8, 4) is 0 Å². The fraction of sp³-hybridized carbons (Fsp3) is 0.750. The molecule has 1 fully saturated rings. The van der Waals surface area contributed by atoms with Crippen molar-refractivity contribution in [2.45, 2.75) is 193 Å². The van der Waals surface area contributed by atoms with Crippen molar-refractivity contribution in [3.63, 3.8) is 0 Å². The lowest BCUT2D eigenvalue weighted by Crippen LogP contribution is -2.60. The van der Waals surface area contributed by atoms with E-state index in [1.54, 1.807) is 27.7 Å². The number of amides is 10. The van der Waals surface area contributed by atoms with Gasteiger partial charge in [0.15, 0.2) is 5.96 Å². The second-order valence-electron chi connectivity index (χ2n) is 20.3. The van der Waals surface area contributed by atoms with Crippen LogP contribution in [0.15, 0.2) is 4.99 Å². The molecule has 10 amide bonds. The summed E-state index contributed by atoms with van der Waals surface area (Å²) in [6.07, 6.45) is 1.52. The summed E-state index contributed by atoms with van der Waals surface area (Å²) in [5.41, 5.74) is 28.0. The summed E-state index contributed by atoms with van der Waals surface area (Å²) in [6.45, 7) is 15.3. The summed E-state index contributed by atoms with van der Waals surface area (Å²) in [5, 5.41) is 30.3. The highest BCUT2D eigenvalue weighted by Crippen LogP contribution is 2.21. The van der Waals surface area contributed by atoms with E-state index in [9.17, 15) is 57.8 Å². The SMILES string of the molecule is CC(C)C[C@H](NC(=O)[C@H](CCC(N)=O)NC(=O)[C@H](CCCCN)NC(=O)[C@H](C)NC(=O)[C@@H](NC(=O)[C@H](CCCN=C(N)N)NC(=O)[C@H](C)NC(=O)[C@H](C)NC(=O)[C@@H](N)CC(C)C)C(C)C)C(=O)N1CCC[C@H]1C(=O)O. The zero-order chi connectivity index (χ0) is 57.3. The molecule has 426 valence electrons. The lowest BCUT2D eigenvalue weighted by atomic mass is 10.0. The Morgan fingerprint density at radius 3 is 1.49 bits per heavy atom. The number of likely N-dealkylation sites (tertiary alicyclic amines) is 1. The van der Waals surface area contributed by atoms with Gasteiger partial charge in [-0.15, -0.1) is 0 Å². The molecule has 0 aromatic heterocycles. The Hall–Kier alpha value is -6.64. The zero-order valence-electron chi connectivity index (χ0n) is 45.1. The number of hydrogen-bond acceptors (Lipinski definition) is 14. The predicted molar refractivity (Wildman–Crippen MR) is 278 cm³/mol. The maximum atomic E-state index is 14.0. The number of carboxylic acids is 1. The van der Waals surface area contributed by atoms with Crippen LogP contribution < -0.4 is 71.2 Å². The van der Waals surface area contributed by atoms with Gasteiger partial charge in [-0.25, -0.2) is 4.79 Å². The zero-order valence-corrected chi connectivity index (χ0v) is 45.1. The molecule has 0 aliphatic carbocycles. The lowest BCUT2D eigenvalue weighted by Gasteiger charge is -2.30. The molecule has 1 aliphatic heterocycles. The highest BCUT2D eigenvalue weighted by atomic mass is 16.4. The van der Waals surface area contributed by atoms with E-state index in [0.717, 1.165) is 0 Å². The van der Waals surface area contributed by atoms with Crippen LogP contribution in [-0.4, -0.2) is 161 Å². The summed E-state index contributed by atoms with van der Waals surface area (Å²) < 4.78 is 0.